The van der Waals surface area contributed by atoms with Crippen LogP contribution in [0.15, 0.2) is 24.3 Å². The van der Waals surface area contributed by atoms with Crippen molar-refractivity contribution in [1.29, 1.82) is 0 Å². The molecule has 1 unspecified atom stereocenters. The van der Waals surface area contributed by atoms with E-state index in [9.17, 15) is 5.11 Å². The number of para-hydroxylation sites is 1. The number of aliphatic hydroxyl groups is 1. The van der Waals surface area contributed by atoms with Crippen molar-refractivity contribution >= 4 is 0 Å². The van der Waals surface area contributed by atoms with Crippen LogP contribution in [0.5, 0.6) is 5.75 Å². The molecular formula is C13H20O4. The van der Waals surface area contributed by atoms with Gasteiger partial charge in [-0.1, -0.05) is 18.2 Å². The number of hydrogen-bond donors (Lipinski definition) is 1. The zero-order valence-corrected chi connectivity index (χ0v) is 10.8. The zero-order chi connectivity index (χ0) is 12.9. The fourth-order valence-corrected chi connectivity index (χ4v) is 1.85. The van der Waals surface area contributed by atoms with Crippen LogP contribution in [0.4, 0.5) is 0 Å². The minimum atomic E-state index is -1.27. The molecule has 1 aromatic carbocycles. The minimum Gasteiger partial charge on any atom is -0.493 e. The van der Waals surface area contributed by atoms with Gasteiger partial charge in [-0.05, 0) is 19.9 Å². The Balaban J connectivity index is 3.12. The molecule has 0 aromatic heterocycles. The molecule has 1 aromatic rings. The van der Waals surface area contributed by atoms with E-state index in [0.29, 0.717) is 17.9 Å². The number of methoxy groups -OCH3 is 2. The number of ether oxygens (including phenoxy) is 3. The topological polar surface area (TPSA) is 47.9 Å². The van der Waals surface area contributed by atoms with E-state index in [0.717, 1.165) is 0 Å². The first-order valence-electron chi connectivity index (χ1n) is 5.58. The maximum absolute atomic E-state index is 10.5. The summed E-state index contributed by atoms with van der Waals surface area (Å²) in [7, 11) is 2.98. The van der Waals surface area contributed by atoms with Gasteiger partial charge in [-0.25, -0.2) is 0 Å². The summed E-state index contributed by atoms with van der Waals surface area (Å²) in [5.74, 6) is 0.638. The lowest BCUT2D eigenvalue weighted by molar-refractivity contribution is -0.213. The molecule has 0 fully saturated rings. The molecule has 0 aliphatic carbocycles. The predicted octanol–water partition coefficient (Wildman–Crippen LogP) is 1.91. The van der Waals surface area contributed by atoms with Gasteiger partial charge in [0.2, 0.25) is 0 Å². The van der Waals surface area contributed by atoms with Gasteiger partial charge in [0.25, 0.3) is 0 Å². The van der Waals surface area contributed by atoms with Crippen LogP contribution in [0.1, 0.15) is 19.4 Å². The van der Waals surface area contributed by atoms with Crippen molar-refractivity contribution in [2.45, 2.75) is 25.7 Å². The lowest BCUT2D eigenvalue weighted by Gasteiger charge is -2.32. The SMILES string of the molecule is CCOc1ccccc1C(C)(O)C(OC)OC. The van der Waals surface area contributed by atoms with Crippen LogP contribution >= 0.6 is 0 Å². The second-order valence-corrected chi connectivity index (χ2v) is 3.88. The highest BCUT2D eigenvalue weighted by Gasteiger charge is 2.36. The van der Waals surface area contributed by atoms with Crippen molar-refractivity contribution < 1.29 is 19.3 Å². The van der Waals surface area contributed by atoms with Crippen LogP contribution in [0.3, 0.4) is 0 Å². The van der Waals surface area contributed by atoms with E-state index < -0.39 is 11.9 Å². The summed E-state index contributed by atoms with van der Waals surface area (Å²) < 4.78 is 15.7. The van der Waals surface area contributed by atoms with Crippen LogP contribution in [-0.2, 0) is 15.1 Å². The predicted molar refractivity (Wildman–Crippen MR) is 65.0 cm³/mol. The minimum absolute atomic E-state index is 0.539. The molecule has 0 saturated heterocycles. The van der Waals surface area contributed by atoms with Crippen molar-refractivity contribution in [3.8, 4) is 5.75 Å². The lowest BCUT2D eigenvalue weighted by Crippen LogP contribution is -2.39. The normalized spacial score (nSPS) is 14.7. The largest absolute Gasteiger partial charge is 0.493 e. The van der Waals surface area contributed by atoms with Crippen molar-refractivity contribution in [3.05, 3.63) is 29.8 Å². The summed E-state index contributed by atoms with van der Waals surface area (Å²) in [6.45, 7) is 4.08. The summed E-state index contributed by atoms with van der Waals surface area (Å²) >= 11 is 0. The van der Waals surface area contributed by atoms with E-state index in [1.807, 2.05) is 25.1 Å². The molecule has 1 atom stereocenters. The molecule has 0 spiro atoms. The van der Waals surface area contributed by atoms with Gasteiger partial charge in [-0.15, -0.1) is 0 Å². The third-order valence-corrected chi connectivity index (χ3v) is 2.62. The Morgan fingerprint density at radius 3 is 2.35 bits per heavy atom. The second-order valence-electron chi connectivity index (χ2n) is 3.88. The van der Waals surface area contributed by atoms with E-state index >= 15 is 0 Å². The molecule has 4 heteroatoms. The highest BCUT2D eigenvalue weighted by Crippen LogP contribution is 2.33. The van der Waals surface area contributed by atoms with Crippen molar-refractivity contribution in [2.24, 2.45) is 0 Å². The van der Waals surface area contributed by atoms with Gasteiger partial charge in [-0.3, -0.25) is 0 Å². The summed E-state index contributed by atoms with van der Waals surface area (Å²) in [5, 5.41) is 10.5. The molecule has 0 bridgehead atoms. The van der Waals surface area contributed by atoms with Gasteiger partial charge < -0.3 is 19.3 Å². The molecule has 17 heavy (non-hydrogen) atoms. The third kappa shape index (κ3) is 2.97. The third-order valence-electron chi connectivity index (χ3n) is 2.62. The monoisotopic (exact) mass is 240 g/mol. The van der Waals surface area contributed by atoms with Gasteiger partial charge in [0.1, 0.15) is 11.4 Å². The Hall–Kier alpha value is -1.10. The summed E-state index contributed by atoms with van der Waals surface area (Å²) in [6.07, 6.45) is -0.746. The first-order chi connectivity index (χ1) is 8.07. The van der Waals surface area contributed by atoms with Gasteiger partial charge in [-0.2, -0.15) is 0 Å². The first-order valence-corrected chi connectivity index (χ1v) is 5.58. The number of rotatable bonds is 6. The van der Waals surface area contributed by atoms with E-state index in [1.165, 1.54) is 14.2 Å². The first kappa shape index (κ1) is 14.0. The van der Waals surface area contributed by atoms with E-state index in [-0.39, 0.29) is 0 Å². The molecular weight excluding hydrogens is 220 g/mol. The lowest BCUT2D eigenvalue weighted by atomic mass is 9.94. The van der Waals surface area contributed by atoms with E-state index in [2.05, 4.69) is 0 Å². The van der Waals surface area contributed by atoms with Crippen LogP contribution in [0.2, 0.25) is 0 Å². The van der Waals surface area contributed by atoms with Gasteiger partial charge >= 0.3 is 0 Å². The Bertz CT molecular complexity index is 345. The quantitative estimate of drug-likeness (QED) is 0.772. The van der Waals surface area contributed by atoms with Gasteiger partial charge in [0.15, 0.2) is 6.29 Å². The van der Waals surface area contributed by atoms with Gasteiger partial charge in [0, 0.05) is 19.8 Å². The fourth-order valence-electron chi connectivity index (χ4n) is 1.85. The smallest absolute Gasteiger partial charge is 0.189 e. The Labute approximate surface area is 102 Å². The Morgan fingerprint density at radius 1 is 1.24 bits per heavy atom. The maximum Gasteiger partial charge on any atom is 0.189 e. The molecule has 0 radical (unpaired) electrons. The number of hydrogen-bond acceptors (Lipinski definition) is 4. The van der Waals surface area contributed by atoms with Crippen LogP contribution < -0.4 is 4.74 Å². The molecule has 0 aliphatic heterocycles. The average molecular weight is 240 g/mol. The second kappa shape index (κ2) is 6.00. The molecule has 0 amide bonds. The molecule has 96 valence electrons. The van der Waals surface area contributed by atoms with Gasteiger partial charge in [0.05, 0.1) is 6.61 Å². The molecule has 0 saturated carbocycles. The summed E-state index contributed by atoms with van der Waals surface area (Å²) in [4.78, 5) is 0. The standard InChI is InChI=1S/C13H20O4/c1-5-17-11-9-7-6-8-10(11)13(2,14)12(15-3)16-4/h6-9,12,14H,5H2,1-4H3. The Kier molecular flexibility index (Phi) is 4.93. The van der Waals surface area contributed by atoms with E-state index in [1.54, 1.807) is 13.0 Å². The number of benzene rings is 1. The van der Waals surface area contributed by atoms with E-state index in [4.69, 9.17) is 14.2 Å². The highest BCUT2D eigenvalue weighted by molar-refractivity contribution is 5.38. The van der Waals surface area contributed by atoms with Crippen LogP contribution in [-0.4, -0.2) is 32.2 Å². The summed E-state index contributed by atoms with van der Waals surface area (Å²) in [6, 6.07) is 7.32. The zero-order valence-electron chi connectivity index (χ0n) is 10.8. The average Bonchev–Trinajstić information content (AvgIpc) is 2.31. The van der Waals surface area contributed by atoms with Crippen molar-refractivity contribution in [3.63, 3.8) is 0 Å². The molecule has 1 rings (SSSR count). The molecule has 1 N–H and O–H groups in total. The van der Waals surface area contributed by atoms with Crippen molar-refractivity contribution in [1.82, 2.24) is 0 Å². The van der Waals surface area contributed by atoms with Crippen LogP contribution in [0, 0.1) is 0 Å². The van der Waals surface area contributed by atoms with Crippen LogP contribution in [0.25, 0.3) is 0 Å². The fraction of sp³-hybridized carbons (Fsp3) is 0.538. The maximum atomic E-state index is 10.5. The van der Waals surface area contributed by atoms with Crippen molar-refractivity contribution in [2.75, 3.05) is 20.8 Å². The molecule has 0 aliphatic rings. The summed E-state index contributed by atoms with van der Waals surface area (Å²) in [5.41, 5.74) is -0.620. The Morgan fingerprint density at radius 2 is 1.82 bits per heavy atom. The highest BCUT2D eigenvalue weighted by atomic mass is 16.7. The molecule has 4 nitrogen and oxygen atoms in total. The molecule has 0 heterocycles.